The summed E-state index contributed by atoms with van der Waals surface area (Å²) in [6.45, 7) is 0.615. The smallest absolute Gasteiger partial charge is 0.248 e. The molecule has 3 aromatic rings. The third kappa shape index (κ3) is 2.55. The van der Waals surface area contributed by atoms with Gasteiger partial charge in [-0.3, -0.25) is 4.79 Å². The number of aromatic amines is 1. The fourth-order valence-electron chi connectivity index (χ4n) is 1.85. The number of nitrogens with one attached hydrogen (secondary N) is 1. The van der Waals surface area contributed by atoms with Gasteiger partial charge in [0.05, 0.1) is 12.9 Å². The summed E-state index contributed by atoms with van der Waals surface area (Å²) in [5.41, 5.74) is 1.67. The summed E-state index contributed by atoms with van der Waals surface area (Å²) in [7, 11) is 0. The van der Waals surface area contributed by atoms with Crippen molar-refractivity contribution in [1.82, 2.24) is 14.5 Å². The Balaban J connectivity index is 1.87. The molecular formula is C15H11N3O. The van der Waals surface area contributed by atoms with Crippen LogP contribution in [0.3, 0.4) is 0 Å². The van der Waals surface area contributed by atoms with E-state index in [0.717, 1.165) is 16.5 Å². The van der Waals surface area contributed by atoms with Crippen LogP contribution in [0.5, 0.6) is 0 Å². The van der Waals surface area contributed by atoms with Crippen LogP contribution in [0.4, 0.5) is 0 Å². The summed E-state index contributed by atoms with van der Waals surface area (Å²) in [5.74, 6) is 6.18. The molecule has 1 N–H and O–H groups in total. The Morgan fingerprint density at radius 1 is 1.26 bits per heavy atom. The SMILES string of the molecule is O=c1ccc2cc(C#CCn3ccnc3)ccc2[nH]1. The first-order valence-corrected chi connectivity index (χ1v) is 5.89. The quantitative estimate of drug-likeness (QED) is 0.668. The fourth-order valence-corrected chi connectivity index (χ4v) is 1.85. The molecule has 3 rings (SSSR count). The highest BCUT2D eigenvalue weighted by molar-refractivity contribution is 5.79. The van der Waals surface area contributed by atoms with Gasteiger partial charge in [-0.05, 0) is 29.7 Å². The molecule has 0 aliphatic carbocycles. The van der Waals surface area contributed by atoms with E-state index >= 15 is 0 Å². The second-order valence-electron chi connectivity index (χ2n) is 4.16. The van der Waals surface area contributed by atoms with Crippen LogP contribution in [0.1, 0.15) is 5.56 Å². The lowest BCUT2D eigenvalue weighted by Crippen LogP contribution is -2.02. The minimum Gasteiger partial charge on any atom is -0.326 e. The average Bonchev–Trinajstić information content (AvgIpc) is 2.92. The topological polar surface area (TPSA) is 50.7 Å². The number of nitrogens with zero attached hydrogens (tertiary/aromatic N) is 2. The van der Waals surface area contributed by atoms with E-state index in [1.165, 1.54) is 6.07 Å². The molecule has 1 aromatic carbocycles. The number of fused-ring (bicyclic) bond motifs is 1. The number of benzene rings is 1. The number of imidazole rings is 1. The van der Waals surface area contributed by atoms with E-state index in [1.54, 1.807) is 18.6 Å². The molecule has 19 heavy (non-hydrogen) atoms. The van der Waals surface area contributed by atoms with Crippen molar-refractivity contribution in [3.8, 4) is 11.8 Å². The predicted molar refractivity (Wildman–Crippen MR) is 73.7 cm³/mol. The van der Waals surface area contributed by atoms with Gasteiger partial charge in [0.15, 0.2) is 0 Å². The van der Waals surface area contributed by atoms with Crippen LogP contribution < -0.4 is 5.56 Å². The Morgan fingerprint density at radius 3 is 3.05 bits per heavy atom. The highest BCUT2D eigenvalue weighted by Gasteiger charge is 1.95. The molecule has 2 heterocycles. The van der Waals surface area contributed by atoms with Gasteiger partial charge in [0.25, 0.3) is 0 Å². The maximum absolute atomic E-state index is 11.2. The lowest BCUT2D eigenvalue weighted by molar-refractivity contribution is 0.840. The minimum absolute atomic E-state index is 0.0913. The molecule has 0 spiro atoms. The molecule has 0 unspecified atom stereocenters. The van der Waals surface area contributed by atoms with Crippen molar-refractivity contribution in [1.29, 1.82) is 0 Å². The van der Waals surface area contributed by atoms with Gasteiger partial charge in [-0.2, -0.15) is 0 Å². The number of hydrogen-bond donors (Lipinski definition) is 1. The summed E-state index contributed by atoms with van der Waals surface area (Å²) in [5, 5.41) is 0.981. The summed E-state index contributed by atoms with van der Waals surface area (Å²) in [4.78, 5) is 17.9. The van der Waals surface area contributed by atoms with Crippen LogP contribution >= 0.6 is 0 Å². The van der Waals surface area contributed by atoms with E-state index in [2.05, 4.69) is 21.8 Å². The molecule has 0 radical (unpaired) electrons. The first-order valence-electron chi connectivity index (χ1n) is 5.89. The molecule has 2 aromatic heterocycles. The van der Waals surface area contributed by atoms with Crippen LogP contribution in [-0.2, 0) is 6.54 Å². The summed E-state index contributed by atoms with van der Waals surface area (Å²) in [6, 6.07) is 9.06. The minimum atomic E-state index is -0.0913. The average molecular weight is 249 g/mol. The van der Waals surface area contributed by atoms with Crippen LogP contribution in [0.25, 0.3) is 10.9 Å². The zero-order chi connectivity index (χ0) is 13.1. The Hall–Kier alpha value is -2.80. The van der Waals surface area contributed by atoms with Crippen LogP contribution in [0.2, 0.25) is 0 Å². The van der Waals surface area contributed by atoms with Crippen molar-refractivity contribution in [2.24, 2.45) is 0 Å². The molecule has 92 valence electrons. The Kier molecular flexibility index (Phi) is 2.87. The predicted octanol–water partition coefficient (Wildman–Crippen LogP) is 1.78. The number of H-pyrrole nitrogens is 1. The molecule has 4 nitrogen and oxygen atoms in total. The van der Waals surface area contributed by atoms with E-state index in [9.17, 15) is 4.79 Å². The van der Waals surface area contributed by atoms with Crippen molar-refractivity contribution in [3.05, 3.63) is 65.0 Å². The standard InChI is InChI=1S/C15H11N3O/c19-15-6-4-13-10-12(3-5-14(13)17-15)2-1-8-18-9-7-16-11-18/h3-7,9-11H,8H2,(H,17,19). The molecule has 0 atom stereocenters. The van der Waals surface area contributed by atoms with Gasteiger partial charge in [0.2, 0.25) is 5.56 Å². The molecule has 0 saturated carbocycles. The number of aromatic nitrogens is 3. The molecule has 0 aliphatic heterocycles. The second kappa shape index (κ2) is 4.83. The van der Waals surface area contributed by atoms with Gasteiger partial charge in [0.1, 0.15) is 0 Å². The van der Waals surface area contributed by atoms with Crippen molar-refractivity contribution < 1.29 is 0 Å². The highest BCUT2D eigenvalue weighted by atomic mass is 16.1. The third-order valence-corrected chi connectivity index (χ3v) is 2.78. The monoisotopic (exact) mass is 249 g/mol. The van der Waals surface area contributed by atoms with E-state index in [4.69, 9.17) is 0 Å². The lowest BCUT2D eigenvalue weighted by Gasteiger charge is -1.97. The van der Waals surface area contributed by atoms with Gasteiger partial charge >= 0.3 is 0 Å². The maximum atomic E-state index is 11.2. The van der Waals surface area contributed by atoms with E-state index in [1.807, 2.05) is 29.0 Å². The first kappa shape index (κ1) is 11.3. The largest absolute Gasteiger partial charge is 0.326 e. The normalized spacial score (nSPS) is 10.1. The van der Waals surface area contributed by atoms with Crippen molar-refractivity contribution in [2.75, 3.05) is 0 Å². The van der Waals surface area contributed by atoms with Crippen LogP contribution in [0, 0.1) is 11.8 Å². The zero-order valence-electron chi connectivity index (χ0n) is 10.1. The molecule has 0 aliphatic rings. The molecule has 0 fully saturated rings. The van der Waals surface area contributed by atoms with Gasteiger partial charge in [-0.1, -0.05) is 11.8 Å². The van der Waals surface area contributed by atoms with E-state index < -0.39 is 0 Å². The van der Waals surface area contributed by atoms with Crippen molar-refractivity contribution >= 4 is 10.9 Å². The lowest BCUT2D eigenvalue weighted by atomic mass is 10.1. The Bertz CT molecular complexity index is 820. The molecule has 4 heteroatoms. The van der Waals surface area contributed by atoms with Gasteiger partial charge in [0, 0.05) is 29.5 Å². The third-order valence-electron chi connectivity index (χ3n) is 2.78. The van der Waals surface area contributed by atoms with E-state index in [0.29, 0.717) is 6.54 Å². The summed E-state index contributed by atoms with van der Waals surface area (Å²) >= 11 is 0. The van der Waals surface area contributed by atoms with Crippen molar-refractivity contribution in [2.45, 2.75) is 6.54 Å². The van der Waals surface area contributed by atoms with Crippen LogP contribution in [0.15, 0.2) is 53.8 Å². The highest BCUT2D eigenvalue weighted by Crippen LogP contribution is 2.11. The summed E-state index contributed by atoms with van der Waals surface area (Å²) < 4.78 is 1.91. The number of hydrogen-bond acceptors (Lipinski definition) is 2. The Morgan fingerprint density at radius 2 is 2.21 bits per heavy atom. The summed E-state index contributed by atoms with van der Waals surface area (Å²) in [6.07, 6.45) is 5.34. The first-order chi connectivity index (χ1) is 9.31. The van der Waals surface area contributed by atoms with Gasteiger partial charge in [-0.25, -0.2) is 4.98 Å². The van der Waals surface area contributed by atoms with Gasteiger partial charge in [-0.15, -0.1) is 0 Å². The maximum Gasteiger partial charge on any atom is 0.248 e. The molecular weight excluding hydrogens is 238 g/mol. The van der Waals surface area contributed by atoms with Crippen molar-refractivity contribution in [3.63, 3.8) is 0 Å². The van der Waals surface area contributed by atoms with E-state index in [-0.39, 0.29) is 5.56 Å². The molecule has 0 amide bonds. The number of rotatable bonds is 1. The van der Waals surface area contributed by atoms with Crippen LogP contribution in [-0.4, -0.2) is 14.5 Å². The molecule has 0 saturated heterocycles. The molecule has 0 bridgehead atoms. The second-order valence-corrected chi connectivity index (χ2v) is 4.16. The zero-order valence-corrected chi connectivity index (χ0v) is 10.1. The number of pyridine rings is 1. The Labute approximate surface area is 109 Å². The van der Waals surface area contributed by atoms with Gasteiger partial charge < -0.3 is 9.55 Å². The fraction of sp³-hybridized carbons (Fsp3) is 0.0667.